The fraction of sp³-hybridized carbons (Fsp3) is 0.500. The number of anilines is 1. The summed E-state index contributed by atoms with van der Waals surface area (Å²) in [5.41, 5.74) is 2.19. The zero-order chi connectivity index (χ0) is 12.8. The van der Waals surface area contributed by atoms with Gasteiger partial charge >= 0.3 is 0 Å². The molecule has 0 radical (unpaired) electrons. The first-order valence-corrected chi connectivity index (χ1v) is 7.56. The molecule has 0 spiro atoms. The smallest absolute Gasteiger partial charge is 0.221 e. The molecule has 0 unspecified atom stereocenters. The van der Waals surface area contributed by atoms with E-state index in [9.17, 15) is 4.79 Å². The Morgan fingerprint density at radius 1 is 1.28 bits per heavy atom. The Bertz CT molecular complexity index is 383. The van der Waals surface area contributed by atoms with Crippen molar-refractivity contribution in [1.29, 1.82) is 0 Å². The maximum Gasteiger partial charge on any atom is 0.221 e. The van der Waals surface area contributed by atoms with Crippen LogP contribution in [0.25, 0.3) is 0 Å². The molecule has 0 atom stereocenters. The topological polar surface area (TPSA) is 32.3 Å². The minimum atomic E-state index is -0.0210. The van der Waals surface area contributed by atoms with Crippen molar-refractivity contribution in [2.45, 2.75) is 19.9 Å². The van der Waals surface area contributed by atoms with Crippen molar-refractivity contribution in [1.82, 2.24) is 4.90 Å². The fourth-order valence-corrected chi connectivity index (χ4v) is 3.04. The van der Waals surface area contributed by atoms with E-state index in [0.717, 1.165) is 12.2 Å². The second kappa shape index (κ2) is 6.81. The molecule has 1 aromatic rings. The first kappa shape index (κ1) is 13.4. The highest BCUT2D eigenvalue weighted by molar-refractivity contribution is 7.99. The molecule has 1 amide bonds. The largest absolute Gasteiger partial charge is 0.326 e. The molecule has 1 saturated heterocycles. The number of amides is 1. The zero-order valence-corrected chi connectivity index (χ0v) is 11.6. The minimum Gasteiger partial charge on any atom is -0.326 e. The normalized spacial score (nSPS) is 17.2. The number of hydrogen-bond acceptors (Lipinski definition) is 3. The molecule has 4 heteroatoms. The van der Waals surface area contributed by atoms with Gasteiger partial charge in [-0.25, -0.2) is 0 Å². The van der Waals surface area contributed by atoms with E-state index in [4.69, 9.17) is 0 Å². The number of benzene rings is 1. The van der Waals surface area contributed by atoms with E-state index in [0.29, 0.717) is 0 Å². The van der Waals surface area contributed by atoms with Gasteiger partial charge in [-0.05, 0) is 36.4 Å². The molecule has 0 aliphatic carbocycles. The highest BCUT2D eigenvalue weighted by Crippen LogP contribution is 2.15. The lowest BCUT2D eigenvalue weighted by molar-refractivity contribution is -0.114. The summed E-state index contributed by atoms with van der Waals surface area (Å²) >= 11 is 2.05. The molecule has 98 valence electrons. The van der Waals surface area contributed by atoms with Crippen LogP contribution >= 0.6 is 11.8 Å². The summed E-state index contributed by atoms with van der Waals surface area (Å²) < 4.78 is 0. The average molecular weight is 264 g/mol. The van der Waals surface area contributed by atoms with E-state index in [2.05, 4.69) is 34.1 Å². The van der Waals surface area contributed by atoms with Crippen LogP contribution in [0.4, 0.5) is 5.69 Å². The Morgan fingerprint density at radius 2 is 2.06 bits per heavy atom. The van der Waals surface area contributed by atoms with Crippen molar-refractivity contribution >= 4 is 23.4 Å². The first-order chi connectivity index (χ1) is 8.74. The van der Waals surface area contributed by atoms with Gasteiger partial charge in [0, 0.05) is 31.5 Å². The molecule has 1 aliphatic heterocycles. The number of nitrogens with zero attached hydrogens (tertiary/aromatic N) is 1. The third-order valence-corrected chi connectivity index (χ3v) is 4.04. The molecule has 1 aliphatic rings. The van der Waals surface area contributed by atoms with Crippen LogP contribution in [-0.4, -0.2) is 35.4 Å². The van der Waals surface area contributed by atoms with Crippen molar-refractivity contribution in [3.05, 3.63) is 29.8 Å². The third kappa shape index (κ3) is 4.35. The summed E-state index contributed by atoms with van der Waals surface area (Å²) in [6.45, 7) is 4.92. The van der Waals surface area contributed by atoms with E-state index in [1.54, 1.807) is 0 Å². The Morgan fingerprint density at radius 3 is 2.78 bits per heavy atom. The standard InChI is InChI=1S/C14H20N2OS/c1-12(17)15-14-5-3-13(4-6-14)11-16-7-2-9-18-10-8-16/h3-6H,2,7-11H2,1H3,(H,15,17). The number of nitrogens with one attached hydrogen (secondary N) is 1. The zero-order valence-electron chi connectivity index (χ0n) is 10.8. The molecule has 0 bridgehead atoms. The molecule has 3 nitrogen and oxygen atoms in total. The van der Waals surface area contributed by atoms with E-state index in [1.165, 1.54) is 43.5 Å². The molecule has 2 rings (SSSR count). The third-order valence-electron chi connectivity index (χ3n) is 3.00. The molecule has 1 N–H and O–H groups in total. The molecular weight excluding hydrogens is 244 g/mol. The van der Waals surface area contributed by atoms with E-state index >= 15 is 0 Å². The number of carbonyl (C=O) groups excluding carboxylic acids is 1. The van der Waals surface area contributed by atoms with Crippen molar-refractivity contribution in [2.75, 3.05) is 29.9 Å². The lowest BCUT2D eigenvalue weighted by Crippen LogP contribution is -2.25. The van der Waals surface area contributed by atoms with Crippen LogP contribution in [0.3, 0.4) is 0 Å². The molecule has 0 aromatic heterocycles. The van der Waals surface area contributed by atoms with Gasteiger partial charge in [0.05, 0.1) is 0 Å². The first-order valence-electron chi connectivity index (χ1n) is 6.41. The van der Waals surface area contributed by atoms with Gasteiger partial charge < -0.3 is 5.32 Å². The van der Waals surface area contributed by atoms with Crippen molar-refractivity contribution < 1.29 is 4.79 Å². The maximum absolute atomic E-state index is 10.9. The van der Waals surface area contributed by atoms with E-state index in [1.807, 2.05) is 12.1 Å². The van der Waals surface area contributed by atoms with Crippen LogP contribution in [0, 0.1) is 0 Å². The van der Waals surface area contributed by atoms with Crippen molar-refractivity contribution in [3.63, 3.8) is 0 Å². The molecule has 1 heterocycles. The number of carbonyl (C=O) groups is 1. The molecule has 1 fully saturated rings. The lowest BCUT2D eigenvalue weighted by Gasteiger charge is -2.19. The van der Waals surface area contributed by atoms with Crippen LogP contribution < -0.4 is 5.32 Å². The fourth-order valence-electron chi connectivity index (χ4n) is 2.11. The predicted octanol–water partition coefficient (Wildman–Crippen LogP) is 2.58. The number of hydrogen-bond donors (Lipinski definition) is 1. The van der Waals surface area contributed by atoms with Crippen LogP contribution in [0.15, 0.2) is 24.3 Å². The summed E-state index contributed by atoms with van der Waals surface area (Å²) in [5, 5.41) is 2.79. The van der Waals surface area contributed by atoms with Crippen molar-refractivity contribution in [2.24, 2.45) is 0 Å². The summed E-state index contributed by atoms with van der Waals surface area (Å²) in [5.74, 6) is 2.51. The van der Waals surface area contributed by atoms with Crippen LogP contribution in [-0.2, 0) is 11.3 Å². The van der Waals surface area contributed by atoms with Gasteiger partial charge in [0.25, 0.3) is 0 Å². The van der Waals surface area contributed by atoms with Crippen LogP contribution in [0.5, 0.6) is 0 Å². The monoisotopic (exact) mass is 264 g/mol. The molecule has 1 aromatic carbocycles. The van der Waals surface area contributed by atoms with Crippen LogP contribution in [0.2, 0.25) is 0 Å². The summed E-state index contributed by atoms with van der Waals surface area (Å²) in [4.78, 5) is 13.4. The maximum atomic E-state index is 10.9. The SMILES string of the molecule is CC(=O)Nc1ccc(CN2CCCSCC2)cc1. The van der Waals surface area contributed by atoms with Gasteiger partial charge in [-0.3, -0.25) is 9.69 Å². The highest BCUT2D eigenvalue weighted by atomic mass is 32.2. The number of thioether (sulfide) groups is 1. The van der Waals surface area contributed by atoms with Gasteiger partial charge in [-0.15, -0.1) is 0 Å². The predicted molar refractivity (Wildman–Crippen MR) is 78.0 cm³/mol. The van der Waals surface area contributed by atoms with Gasteiger partial charge in [0.15, 0.2) is 0 Å². The second-order valence-corrected chi connectivity index (χ2v) is 5.84. The summed E-state index contributed by atoms with van der Waals surface area (Å²) in [7, 11) is 0. The Kier molecular flexibility index (Phi) is 5.08. The summed E-state index contributed by atoms with van der Waals surface area (Å²) in [6, 6.07) is 8.15. The van der Waals surface area contributed by atoms with Gasteiger partial charge in [0.2, 0.25) is 5.91 Å². The second-order valence-electron chi connectivity index (χ2n) is 4.62. The molecular formula is C14H20N2OS. The van der Waals surface area contributed by atoms with Gasteiger partial charge in [0.1, 0.15) is 0 Å². The summed E-state index contributed by atoms with van der Waals surface area (Å²) in [6.07, 6.45) is 1.29. The Balaban J connectivity index is 1.90. The highest BCUT2D eigenvalue weighted by Gasteiger charge is 2.09. The van der Waals surface area contributed by atoms with Crippen LogP contribution in [0.1, 0.15) is 18.9 Å². The lowest BCUT2D eigenvalue weighted by atomic mass is 10.2. The quantitative estimate of drug-likeness (QED) is 0.910. The minimum absolute atomic E-state index is 0.0210. The van der Waals surface area contributed by atoms with E-state index < -0.39 is 0 Å². The Hall–Kier alpha value is -1.00. The van der Waals surface area contributed by atoms with E-state index in [-0.39, 0.29) is 5.91 Å². The molecule has 18 heavy (non-hydrogen) atoms. The van der Waals surface area contributed by atoms with Crippen molar-refractivity contribution in [3.8, 4) is 0 Å². The average Bonchev–Trinajstić information content (AvgIpc) is 2.60. The molecule has 0 saturated carbocycles. The number of rotatable bonds is 3. The Labute approximate surface area is 113 Å². The van der Waals surface area contributed by atoms with Gasteiger partial charge in [-0.1, -0.05) is 12.1 Å². The van der Waals surface area contributed by atoms with Gasteiger partial charge in [-0.2, -0.15) is 11.8 Å².